The number of aliphatic hydroxyl groups excluding tert-OH is 1. The van der Waals surface area contributed by atoms with Gasteiger partial charge in [0, 0.05) is 11.4 Å². The smallest absolute Gasteiger partial charge is 0.264 e. The molecule has 3 nitrogen and oxygen atoms in total. The fourth-order valence-electron chi connectivity index (χ4n) is 3.20. The number of rotatable bonds is 2. The van der Waals surface area contributed by atoms with E-state index in [4.69, 9.17) is 0 Å². The first kappa shape index (κ1) is 13.1. The van der Waals surface area contributed by atoms with Crippen LogP contribution in [-0.2, 0) is 12.8 Å². The number of piperidine rings is 1. The Hall–Kier alpha value is -0.870. The first-order chi connectivity index (χ1) is 9.29. The molecule has 1 aliphatic heterocycles. The second kappa shape index (κ2) is 5.63. The fourth-order valence-corrected chi connectivity index (χ4v) is 4.41. The van der Waals surface area contributed by atoms with Crippen LogP contribution in [0, 0.1) is 0 Å². The molecule has 1 atom stereocenters. The third kappa shape index (κ3) is 2.56. The summed E-state index contributed by atoms with van der Waals surface area (Å²) in [5.74, 6) is 0.137. The minimum Gasteiger partial charge on any atom is -0.394 e. The van der Waals surface area contributed by atoms with Crippen LogP contribution in [0.5, 0.6) is 0 Å². The number of hydrogen-bond donors (Lipinski definition) is 1. The van der Waals surface area contributed by atoms with Gasteiger partial charge in [-0.15, -0.1) is 11.3 Å². The van der Waals surface area contributed by atoms with Crippen LogP contribution in [0.4, 0.5) is 0 Å². The van der Waals surface area contributed by atoms with Crippen molar-refractivity contribution in [3.8, 4) is 0 Å². The Bertz CT molecular complexity index is 445. The summed E-state index contributed by atoms with van der Waals surface area (Å²) in [6, 6.07) is 2.13. The van der Waals surface area contributed by atoms with Crippen LogP contribution >= 0.6 is 11.3 Å². The average molecular weight is 279 g/mol. The van der Waals surface area contributed by atoms with Gasteiger partial charge < -0.3 is 10.0 Å². The molecule has 0 aromatic carbocycles. The molecule has 1 aliphatic carbocycles. The maximum Gasteiger partial charge on any atom is 0.264 e. The molecule has 0 spiro atoms. The predicted molar refractivity (Wildman–Crippen MR) is 76.7 cm³/mol. The molecule has 104 valence electrons. The van der Waals surface area contributed by atoms with E-state index in [2.05, 4.69) is 6.07 Å². The van der Waals surface area contributed by atoms with Crippen LogP contribution in [0.25, 0.3) is 0 Å². The predicted octanol–water partition coefficient (Wildman–Crippen LogP) is 2.61. The van der Waals surface area contributed by atoms with E-state index in [1.165, 1.54) is 23.3 Å². The van der Waals surface area contributed by atoms with Crippen molar-refractivity contribution in [1.29, 1.82) is 0 Å². The van der Waals surface area contributed by atoms with Crippen LogP contribution in [0.1, 0.15) is 52.2 Å². The number of aliphatic hydroxyl groups is 1. The molecule has 0 saturated carbocycles. The molecule has 2 heterocycles. The zero-order chi connectivity index (χ0) is 13.2. The topological polar surface area (TPSA) is 40.5 Å². The molecule has 4 heteroatoms. The number of carbonyl (C=O) groups is 1. The van der Waals surface area contributed by atoms with Crippen molar-refractivity contribution >= 4 is 17.2 Å². The first-order valence-electron chi connectivity index (χ1n) is 7.33. The zero-order valence-electron chi connectivity index (χ0n) is 11.2. The third-order valence-electron chi connectivity index (χ3n) is 4.31. The molecule has 0 bridgehead atoms. The van der Waals surface area contributed by atoms with E-state index in [1.807, 2.05) is 4.90 Å². The van der Waals surface area contributed by atoms with E-state index < -0.39 is 0 Å². The van der Waals surface area contributed by atoms with E-state index in [9.17, 15) is 9.90 Å². The summed E-state index contributed by atoms with van der Waals surface area (Å²) in [5.41, 5.74) is 1.39. The molecule has 1 unspecified atom stereocenters. The molecule has 2 aliphatic rings. The largest absolute Gasteiger partial charge is 0.394 e. The Morgan fingerprint density at radius 2 is 2.16 bits per heavy atom. The van der Waals surface area contributed by atoms with E-state index in [-0.39, 0.29) is 18.6 Å². The van der Waals surface area contributed by atoms with Crippen molar-refractivity contribution in [3.63, 3.8) is 0 Å². The maximum atomic E-state index is 12.6. The molecule has 1 aromatic heterocycles. The number of fused-ring (bicyclic) bond motifs is 1. The highest BCUT2D eigenvalue weighted by Crippen LogP contribution is 2.31. The summed E-state index contributed by atoms with van der Waals surface area (Å²) in [5, 5.41) is 9.43. The zero-order valence-corrected chi connectivity index (χ0v) is 12.0. The number of carbonyl (C=O) groups excluding carboxylic acids is 1. The van der Waals surface area contributed by atoms with Crippen LogP contribution in [0.15, 0.2) is 6.07 Å². The van der Waals surface area contributed by atoms with Crippen LogP contribution in [0.2, 0.25) is 0 Å². The molecule has 0 radical (unpaired) electrons. The highest BCUT2D eigenvalue weighted by atomic mass is 32.1. The summed E-state index contributed by atoms with van der Waals surface area (Å²) >= 11 is 1.68. The SMILES string of the molecule is O=C(c1cc2c(s1)CCCC2)N1CCCCC1CO. The van der Waals surface area contributed by atoms with Gasteiger partial charge in [0.25, 0.3) is 5.91 Å². The Kier molecular flexibility index (Phi) is 3.89. The monoisotopic (exact) mass is 279 g/mol. The molecule has 1 aromatic rings. The van der Waals surface area contributed by atoms with Gasteiger partial charge in [0.15, 0.2) is 0 Å². The Balaban J connectivity index is 1.80. The van der Waals surface area contributed by atoms with Gasteiger partial charge in [-0.3, -0.25) is 4.79 Å². The van der Waals surface area contributed by atoms with E-state index in [1.54, 1.807) is 11.3 Å². The second-order valence-electron chi connectivity index (χ2n) is 5.60. The van der Waals surface area contributed by atoms with Gasteiger partial charge in [0.2, 0.25) is 0 Å². The number of nitrogens with zero attached hydrogens (tertiary/aromatic N) is 1. The summed E-state index contributed by atoms with van der Waals surface area (Å²) < 4.78 is 0. The molecule has 1 fully saturated rings. The minimum absolute atomic E-state index is 0.0281. The van der Waals surface area contributed by atoms with Gasteiger partial charge in [-0.25, -0.2) is 0 Å². The van der Waals surface area contributed by atoms with Crippen molar-refractivity contribution in [2.75, 3.05) is 13.2 Å². The number of amides is 1. The molecule has 1 amide bonds. The van der Waals surface area contributed by atoms with Gasteiger partial charge in [-0.2, -0.15) is 0 Å². The summed E-state index contributed by atoms with van der Waals surface area (Å²) in [7, 11) is 0. The van der Waals surface area contributed by atoms with Gasteiger partial charge >= 0.3 is 0 Å². The van der Waals surface area contributed by atoms with Crippen LogP contribution < -0.4 is 0 Å². The quantitative estimate of drug-likeness (QED) is 0.904. The Labute approximate surface area is 118 Å². The lowest BCUT2D eigenvalue weighted by Gasteiger charge is -2.34. The average Bonchev–Trinajstić information content (AvgIpc) is 2.90. The molecule has 1 saturated heterocycles. The van der Waals surface area contributed by atoms with E-state index in [0.29, 0.717) is 0 Å². The van der Waals surface area contributed by atoms with Gasteiger partial charge in [-0.1, -0.05) is 0 Å². The maximum absolute atomic E-state index is 12.6. The highest BCUT2D eigenvalue weighted by molar-refractivity contribution is 7.14. The molecular weight excluding hydrogens is 258 g/mol. The summed E-state index contributed by atoms with van der Waals surface area (Å²) in [6.45, 7) is 0.892. The minimum atomic E-state index is 0.0281. The van der Waals surface area contributed by atoms with E-state index >= 15 is 0 Å². The molecular formula is C15H21NO2S. The van der Waals surface area contributed by atoms with Crippen molar-refractivity contribution in [2.45, 2.75) is 51.0 Å². The lowest BCUT2D eigenvalue weighted by Crippen LogP contribution is -2.45. The van der Waals surface area contributed by atoms with Crippen LogP contribution in [-0.4, -0.2) is 35.1 Å². The van der Waals surface area contributed by atoms with E-state index in [0.717, 1.165) is 43.5 Å². The Morgan fingerprint density at radius 3 is 2.95 bits per heavy atom. The van der Waals surface area contributed by atoms with Gasteiger partial charge in [-0.05, 0) is 56.6 Å². The standard InChI is InChI=1S/C15H21NO2S/c17-10-12-6-3-4-8-16(12)15(18)14-9-11-5-1-2-7-13(11)19-14/h9,12,17H,1-8,10H2. The number of hydrogen-bond acceptors (Lipinski definition) is 3. The van der Waals surface area contributed by atoms with Crippen molar-refractivity contribution in [3.05, 3.63) is 21.4 Å². The summed E-state index contributed by atoms with van der Waals surface area (Å²) in [6.07, 6.45) is 7.89. The van der Waals surface area contributed by atoms with Crippen molar-refractivity contribution in [1.82, 2.24) is 4.90 Å². The second-order valence-corrected chi connectivity index (χ2v) is 6.73. The molecule has 3 rings (SSSR count). The lowest BCUT2D eigenvalue weighted by atomic mass is 9.99. The normalized spacial score (nSPS) is 23.2. The van der Waals surface area contributed by atoms with Crippen molar-refractivity contribution < 1.29 is 9.90 Å². The Morgan fingerprint density at radius 1 is 1.32 bits per heavy atom. The number of thiophene rings is 1. The summed E-state index contributed by atoms with van der Waals surface area (Å²) in [4.78, 5) is 16.8. The highest BCUT2D eigenvalue weighted by Gasteiger charge is 2.28. The van der Waals surface area contributed by atoms with Gasteiger partial charge in [0.1, 0.15) is 0 Å². The van der Waals surface area contributed by atoms with Crippen molar-refractivity contribution in [2.24, 2.45) is 0 Å². The third-order valence-corrected chi connectivity index (χ3v) is 5.53. The lowest BCUT2D eigenvalue weighted by molar-refractivity contribution is 0.0507. The van der Waals surface area contributed by atoms with Crippen LogP contribution in [0.3, 0.4) is 0 Å². The number of likely N-dealkylation sites (tertiary alicyclic amines) is 1. The molecule has 19 heavy (non-hydrogen) atoms. The van der Waals surface area contributed by atoms with Gasteiger partial charge in [0.05, 0.1) is 17.5 Å². The number of aryl methyl sites for hydroxylation is 2. The fraction of sp³-hybridized carbons (Fsp3) is 0.667. The molecule has 1 N–H and O–H groups in total. The first-order valence-corrected chi connectivity index (χ1v) is 8.14.